The highest BCUT2D eigenvalue weighted by Gasteiger charge is 2.37. The molecule has 1 aromatic heterocycles. The summed E-state index contributed by atoms with van der Waals surface area (Å²) >= 11 is 6.08. The summed E-state index contributed by atoms with van der Waals surface area (Å²) in [6.07, 6.45) is 9.36. The predicted octanol–water partition coefficient (Wildman–Crippen LogP) is 4.19. The van der Waals surface area contributed by atoms with Gasteiger partial charge in [-0.3, -0.25) is 9.58 Å². The Morgan fingerprint density at radius 1 is 1.11 bits per heavy atom. The first-order chi connectivity index (χ1) is 16.4. The zero-order valence-electron chi connectivity index (χ0n) is 21.4. The van der Waals surface area contributed by atoms with Crippen molar-refractivity contribution in [1.82, 2.24) is 19.9 Å². The molecule has 1 saturated heterocycles. The lowest BCUT2D eigenvalue weighted by Crippen LogP contribution is -2.56. The molecule has 0 radical (unpaired) electrons. The molecular formula is C25H39ClN4O3SSi. The van der Waals surface area contributed by atoms with Gasteiger partial charge in [-0.15, -0.1) is 5.10 Å². The molecule has 0 bridgehead atoms. The van der Waals surface area contributed by atoms with Gasteiger partial charge < -0.3 is 4.74 Å². The third-order valence-corrected chi connectivity index (χ3v) is 9.56. The summed E-state index contributed by atoms with van der Waals surface area (Å²) < 4.78 is 32.0. The summed E-state index contributed by atoms with van der Waals surface area (Å²) in [6.45, 7) is 8.25. The maximum atomic E-state index is 12.0. The number of sulfone groups is 1. The molecule has 2 atom stereocenters. The Balaban J connectivity index is 1.42. The van der Waals surface area contributed by atoms with Gasteiger partial charge in [0.15, 0.2) is 0 Å². The fraction of sp³-hybridized carbons (Fsp3) is 0.680. The van der Waals surface area contributed by atoms with Crippen molar-refractivity contribution in [3.05, 3.63) is 46.7 Å². The molecule has 1 aliphatic carbocycles. The molecule has 0 N–H and O–H groups in total. The molecule has 1 aliphatic heterocycles. The largest absolute Gasteiger partial charge is 0.374 e. The molecular weight excluding hydrogens is 500 g/mol. The van der Waals surface area contributed by atoms with Gasteiger partial charge in [0.05, 0.1) is 32.2 Å². The van der Waals surface area contributed by atoms with E-state index in [2.05, 4.69) is 53.2 Å². The summed E-state index contributed by atoms with van der Waals surface area (Å²) in [6, 6.07) is 8.65. The van der Waals surface area contributed by atoms with E-state index in [1.165, 1.54) is 11.8 Å². The molecule has 2 fully saturated rings. The normalized spacial score (nSPS) is 26.7. The molecule has 7 nitrogen and oxygen atoms in total. The van der Waals surface area contributed by atoms with E-state index in [4.69, 9.17) is 16.3 Å². The zero-order chi connectivity index (χ0) is 25.2. The van der Waals surface area contributed by atoms with Crippen molar-refractivity contribution in [2.24, 2.45) is 0 Å². The number of hydrogen-bond donors (Lipinski definition) is 0. The number of benzene rings is 1. The lowest BCUT2D eigenvalue weighted by Gasteiger charge is -2.46. The van der Waals surface area contributed by atoms with Gasteiger partial charge >= 0.3 is 0 Å². The van der Waals surface area contributed by atoms with Gasteiger partial charge in [-0.05, 0) is 49.8 Å². The lowest BCUT2D eigenvalue weighted by molar-refractivity contribution is -0.0755. The summed E-state index contributed by atoms with van der Waals surface area (Å²) in [5.74, 6) is 0.524. The highest BCUT2D eigenvalue weighted by atomic mass is 35.5. The van der Waals surface area contributed by atoms with E-state index in [9.17, 15) is 8.42 Å². The molecule has 0 amide bonds. The molecule has 194 valence electrons. The maximum Gasteiger partial charge on any atom is 0.150 e. The van der Waals surface area contributed by atoms with Crippen molar-refractivity contribution in [1.29, 1.82) is 0 Å². The van der Waals surface area contributed by atoms with Crippen LogP contribution in [0.4, 0.5) is 0 Å². The van der Waals surface area contributed by atoms with Crippen LogP contribution in [-0.2, 0) is 27.2 Å². The van der Waals surface area contributed by atoms with Crippen LogP contribution in [0.1, 0.15) is 42.9 Å². The van der Waals surface area contributed by atoms with Crippen molar-refractivity contribution in [3.8, 4) is 0 Å². The van der Waals surface area contributed by atoms with Gasteiger partial charge in [-0.2, -0.15) is 0 Å². The van der Waals surface area contributed by atoms with Crippen LogP contribution in [0.3, 0.4) is 0 Å². The van der Waals surface area contributed by atoms with Gasteiger partial charge in [-0.1, -0.05) is 48.6 Å². The van der Waals surface area contributed by atoms with Crippen molar-refractivity contribution in [2.45, 2.75) is 82.0 Å². The van der Waals surface area contributed by atoms with Crippen LogP contribution >= 0.6 is 11.6 Å². The summed E-state index contributed by atoms with van der Waals surface area (Å²) in [4.78, 5) is 2.53. The highest BCUT2D eigenvalue weighted by Crippen LogP contribution is 2.36. The molecule has 4 rings (SSSR count). The van der Waals surface area contributed by atoms with Crippen LogP contribution in [0.5, 0.6) is 0 Å². The van der Waals surface area contributed by atoms with E-state index in [0.717, 1.165) is 49.0 Å². The Hall–Kier alpha value is -1.26. The van der Waals surface area contributed by atoms with Crippen LogP contribution in [0.25, 0.3) is 0 Å². The minimum absolute atomic E-state index is 0.0761. The van der Waals surface area contributed by atoms with E-state index >= 15 is 0 Å². The molecule has 2 aliphatic rings. The Bertz CT molecular complexity index is 1080. The summed E-state index contributed by atoms with van der Waals surface area (Å²) in [7, 11) is -4.34. The second kappa shape index (κ2) is 11.0. The van der Waals surface area contributed by atoms with Crippen molar-refractivity contribution in [3.63, 3.8) is 0 Å². The Morgan fingerprint density at radius 3 is 2.43 bits per heavy atom. The lowest BCUT2D eigenvalue weighted by atomic mass is 9.82. The average molecular weight is 539 g/mol. The maximum absolute atomic E-state index is 12.0. The molecule has 0 spiro atoms. The van der Waals surface area contributed by atoms with E-state index < -0.39 is 17.9 Å². The van der Waals surface area contributed by atoms with Crippen LogP contribution in [0.15, 0.2) is 30.5 Å². The number of morpholine rings is 1. The van der Waals surface area contributed by atoms with Crippen LogP contribution in [0, 0.1) is 0 Å². The second-order valence-electron chi connectivity index (χ2n) is 11.6. The number of halogens is 1. The molecule has 10 heteroatoms. The molecule has 1 aromatic carbocycles. The fourth-order valence-corrected chi connectivity index (χ4v) is 7.63. The van der Waals surface area contributed by atoms with Crippen LogP contribution < -0.4 is 0 Å². The smallest absolute Gasteiger partial charge is 0.150 e. The Labute approximate surface area is 216 Å². The van der Waals surface area contributed by atoms with E-state index in [-0.39, 0.29) is 17.9 Å². The highest BCUT2D eigenvalue weighted by molar-refractivity contribution is 7.90. The summed E-state index contributed by atoms with van der Waals surface area (Å²) in [5, 5.41) is 9.65. The molecule has 2 aromatic rings. The second-order valence-corrected chi connectivity index (χ2v) is 19.7. The van der Waals surface area contributed by atoms with Crippen molar-refractivity contribution >= 4 is 29.5 Å². The molecule has 0 unspecified atom stereocenters. The molecule has 2 heterocycles. The number of nitrogens with zero attached hydrogens (tertiary/aromatic N) is 4. The van der Waals surface area contributed by atoms with Crippen LogP contribution in [0.2, 0.25) is 24.7 Å². The third-order valence-electron chi connectivity index (χ3n) is 7.06. The van der Waals surface area contributed by atoms with E-state index in [1.54, 1.807) is 0 Å². The predicted molar refractivity (Wildman–Crippen MR) is 143 cm³/mol. The molecule has 1 saturated carbocycles. The third kappa shape index (κ3) is 7.86. The minimum atomic E-state index is -3.10. The Kier molecular flexibility index (Phi) is 8.42. The van der Waals surface area contributed by atoms with Crippen molar-refractivity contribution < 1.29 is 13.2 Å². The minimum Gasteiger partial charge on any atom is -0.374 e. The van der Waals surface area contributed by atoms with Gasteiger partial charge in [0.25, 0.3) is 0 Å². The number of rotatable bonds is 8. The molecule has 35 heavy (non-hydrogen) atoms. The topological polar surface area (TPSA) is 77.3 Å². The summed E-state index contributed by atoms with van der Waals surface area (Å²) in [5.41, 5.74) is 2.35. The van der Waals surface area contributed by atoms with Gasteiger partial charge in [0.1, 0.15) is 9.84 Å². The number of hydrogen-bond acceptors (Lipinski definition) is 6. The first-order valence-electron chi connectivity index (χ1n) is 12.6. The average Bonchev–Trinajstić information content (AvgIpc) is 3.22. The number of aromatic nitrogens is 3. The quantitative estimate of drug-likeness (QED) is 0.469. The monoisotopic (exact) mass is 538 g/mol. The van der Waals surface area contributed by atoms with Gasteiger partial charge in [-0.25, -0.2) is 8.42 Å². The number of ether oxygens (including phenoxy) is 1. The van der Waals surface area contributed by atoms with Gasteiger partial charge in [0.2, 0.25) is 0 Å². The SMILES string of the molecule is C[Si](C)(C)Cn1cc(C2CCC(N3C[C@H](CS(C)(=O)=O)OC[C@@H]3Cc3ccc(Cl)cc3)CC2)nn1. The first-order valence-corrected chi connectivity index (χ1v) is 18.8. The van der Waals surface area contributed by atoms with E-state index in [0.29, 0.717) is 25.1 Å². The first kappa shape index (κ1) is 26.8. The van der Waals surface area contributed by atoms with Gasteiger partial charge in [0, 0.05) is 48.2 Å². The zero-order valence-corrected chi connectivity index (χ0v) is 23.9. The van der Waals surface area contributed by atoms with Crippen molar-refractivity contribution in [2.75, 3.05) is 25.2 Å². The Morgan fingerprint density at radius 2 is 1.80 bits per heavy atom. The standard InChI is InChI=1S/C25H39ClN4O3SSi/c1-34(31,32)17-24-14-30(23(16-33-24)13-19-5-9-21(26)10-6-19)22-11-7-20(8-12-22)25-15-29(28-27-25)18-35(2,3)4/h5-6,9-10,15,20,22-24H,7-8,11-14,16-18H2,1-4H3/t20?,22?,23-,24+/m0/s1. The van der Waals surface area contributed by atoms with E-state index in [1.807, 2.05) is 16.8 Å². The van der Waals surface area contributed by atoms with Crippen LogP contribution in [-0.4, -0.2) is 79.7 Å². The fourth-order valence-electron chi connectivity index (χ4n) is 5.50.